The highest BCUT2D eigenvalue weighted by Gasteiger charge is 2.18. The van der Waals surface area contributed by atoms with Gasteiger partial charge in [0.15, 0.2) is 0 Å². The highest BCUT2D eigenvalue weighted by Crippen LogP contribution is 2.38. The number of halogens is 3. The molecule has 1 aliphatic rings. The number of carbonyl (C=O) groups is 1. The minimum atomic E-state index is -1.02. The van der Waals surface area contributed by atoms with Gasteiger partial charge in [-0.2, -0.15) is 0 Å². The van der Waals surface area contributed by atoms with Crippen molar-refractivity contribution >= 4 is 44.7 Å². The molecule has 1 saturated carbocycles. The van der Waals surface area contributed by atoms with Crippen LogP contribution in [0, 0.1) is 23.0 Å². The summed E-state index contributed by atoms with van der Waals surface area (Å²) in [4.78, 5) is 15.2. The van der Waals surface area contributed by atoms with E-state index in [9.17, 15) is 13.6 Å². The third kappa shape index (κ3) is 8.33. The van der Waals surface area contributed by atoms with Gasteiger partial charge in [-0.1, -0.05) is 63.6 Å². The molecule has 0 spiro atoms. The molecule has 2 aromatic carbocycles. The summed E-state index contributed by atoms with van der Waals surface area (Å²) in [5.74, 6) is -0.204. The van der Waals surface area contributed by atoms with E-state index in [1.54, 1.807) is 19.2 Å². The third-order valence-electron chi connectivity index (χ3n) is 6.89. The maximum atomic E-state index is 13.4. The summed E-state index contributed by atoms with van der Waals surface area (Å²) in [6, 6.07) is 11.3. The summed E-state index contributed by atoms with van der Waals surface area (Å²) in [5, 5.41) is 16.6. The third-order valence-corrected chi connectivity index (χ3v) is 8.70. The Labute approximate surface area is 248 Å². The van der Waals surface area contributed by atoms with Crippen LogP contribution in [0.3, 0.4) is 0 Å². The number of fused-ring (bicyclic) bond motifs is 1. The van der Waals surface area contributed by atoms with Crippen LogP contribution in [-0.4, -0.2) is 28.9 Å². The van der Waals surface area contributed by atoms with Crippen molar-refractivity contribution in [2.45, 2.75) is 59.3 Å². The second kappa shape index (κ2) is 15.0. The van der Waals surface area contributed by atoms with Gasteiger partial charge in [0, 0.05) is 11.9 Å². The van der Waals surface area contributed by atoms with Crippen molar-refractivity contribution in [3.63, 3.8) is 0 Å². The monoisotopic (exact) mass is 600 g/mol. The molecule has 5 nitrogen and oxygen atoms in total. The number of pyridine rings is 1. The Balaban J connectivity index is 0.000000186. The van der Waals surface area contributed by atoms with Gasteiger partial charge in [-0.25, -0.2) is 18.6 Å². The van der Waals surface area contributed by atoms with Gasteiger partial charge >= 0.3 is 5.97 Å². The number of aryl methyl sites for hydroxylation is 1. The molecule has 0 radical (unpaired) electrons. The van der Waals surface area contributed by atoms with E-state index < -0.39 is 17.6 Å². The van der Waals surface area contributed by atoms with Crippen molar-refractivity contribution < 1.29 is 23.4 Å². The number of nitrogens with one attached hydrogen (secondary N) is 1. The molecule has 2 aromatic heterocycles. The number of rotatable bonds is 5. The molecule has 0 bridgehead atoms. The SMILES string of the molecule is CC(=N)c1sc2c(F)ccc(F)c2c1Cl.CC1CCCCC1.CCc1cc(-c2ccnc(C(=O)O)c2)ccc1OC. The molecule has 2 N–H and O–H groups in total. The number of carboxylic acid groups (broad SMARTS) is 1. The zero-order valence-electron chi connectivity index (χ0n) is 23.7. The highest BCUT2D eigenvalue weighted by atomic mass is 35.5. The van der Waals surface area contributed by atoms with Crippen LogP contribution in [0.1, 0.15) is 73.8 Å². The molecule has 0 amide bonds. The lowest BCUT2D eigenvalue weighted by molar-refractivity contribution is 0.0690. The second-order valence-electron chi connectivity index (χ2n) is 9.96. The fraction of sp³-hybridized carbons (Fsp3) is 0.344. The van der Waals surface area contributed by atoms with Crippen LogP contribution < -0.4 is 4.74 Å². The van der Waals surface area contributed by atoms with Crippen LogP contribution in [0.15, 0.2) is 48.7 Å². The minimum absolute atomic E-state index is 0.0476. The van der Waals surface area contributed by atoms with Crippen molar-refractivity contribution in [1.82, 2.24) is 4.98 Å². The van der Waals surface area contributed by atoms with Gasteiger partial charge in [-0.05, 0) is 72.4 Å². The van der Waals surface area contributed by atoms with Crippen LogP contribution in [0.5, 0.6) is 5.75 Å². The molecule has 218 valence electrons. The summed E-state index contributed by atoms with van der Waals surface area (Å²) in [6.45, 7) is 5.95. The smallest absolute Gasteiger partial charge is 0.354 e. The molecule has 2 heterocycles. The number of aromatic carboxylic acids is 1. The first-order valence-electron chi connectivity index (χ1n) is 13.5. The molecule has 5 rings (SSSR count). The van der Waals surface area contributed by atoms with E-state index in [1.807, 2.05) is 18.2 Å². The predicted molar refractivity (Wildman–Crippen MR) is 164 cm³/mol. The van der Waals surface area contributed by atoms with E-state index >= 15 is 0 Å². The Kier molecular flexibility index (Phi) is 11.8. The van der Waals surface area contributed by atoms with Crippen molar-refractivity contribution in [1.29, 1.82) is 5.41 Å². The summed E-state index contributed by atoms with van der Waals surface area (Å²) < 4.78 is 32.2. The average molecular weight is 601 g/mol. The molecular formula is C32H35ClF2N2O3S. The zero-order chi connectivity index (χ0) is 30.1. The van der Waals surface area contributed by atoms with E-state index in [0.29, 0.717) is 4.88 Å². The maximum Gasteiger partial charge on any atom is 0.354 e. The summed E-state index contributed by atoms with van der Waals surface area (Å²) in [5.41, 5.74) is 3.15. The first-order chi connectivity index (χ1) is 19.6. The molecule has 9 heteroatoms. The van der Waals surface area contributed by atoms with Gasteiger partial charge in [0.1, 0.15) is 23.1 Å². The maximum absolute atomic E-state index is 13.4. The number of hydrogen-bond donors (Lipinski definition) is 2. The number of hydrogen-bond acceptors (Lipinski definition) is 5. The Morgan fingerprint density at radius 2 is 1.76 bits per heavy atom. The summed E-state index contributed by atoms with van der Waals surface area (Å²) >= 11 is 6.89. The lowest BCUT2D eigenvalue weighted by Crippen LogP contribution is -1.99. The number of methoxy groups -OCH3 is 1. The average Bonchev–Trinajstić information content (AvgIpc) is 3.34. The van der Waals surface area contributed by atoms with E-state index in [0.717, 1.165) is 58.2 Å². The van der Waals surface area contributed by atoms with Crippen molar-refractivity contribution in [2.75, 3.05) is 7.11 Å². The van der Waals surface area contributed by atoms with E-state index in [2.05, 4.69) is 18.8 Å². The van der Waals surface area contributed by atoms with Crippen molar-refractivity contribution in [3.05, 3.63) is 81.5 Å². The fourth-order valence-corrected chi connectivity index (χ4v) is 6.12. The summed E-state index contributed by atoms with van der Waals surface area (Å²) in [6.07, 6.45) is 9.80. The van der Waals surface area contributed by atoms with Crippen LogP contribution in [-0.2, 0) is 6.42 Å². The van der Waals surface area contributed by atoms with Gasteiger partial charge in [0.2, 0.25) is 0 Å². The normalized spacial score (nSPS) is 13.0. The number of ether oxygens (including phenoxy) is 1. The Hall–Kier alpha value is -3.36. The van der Waals surface area contributed by atoms with E-state index in [4.69, 9.17) is 26.9 Å². The summed E-state index contributed by atoms with van der Waals surface area (Å²) in [7, 11) is 1.64. The van der Waals surface area contributed by atoms with Crippen LogP contribution in [0.25, 0.3) is 21.2 Å². The van der Waals surface area contributed by atoms with Crippen LogP contribution >= 0.6 is 22.9 Å². The van der Waals surface area contributed by atoms with Gasteiger partial charge in [0.05, 0.1) is 27.1 Å². The van der Waals surface area contributed by atoms with Crippen molar-refractivity contribution in [2.24, 2.45) is 5.92 Å². The molecule has 0 aliphatic heterocycles. The Morgan fingerprint density at radius 1 is 1.10 bits per heavy atom. The quantitative estimate of drug-likeness (QED) is 0.223. The van der Waals surface area contributed by atoms with Crippen LogP contribution in [0.4, 0.5) is 8.78 Å². The topological polar surface area (TPSA) is 83.3 Å². The van der Waals surface area contributed by atoms with E-state index in [-0.39, 0.29) is 26.5 Å². The number of benzene rings is 2. The number of aromatic nitrogens is 1. The first-order valence-corrected chi connectivity index (χ1v) is 14.7. The Morgan fingerprint density at radius 3 is 2.29 bits per heavy atom. The van der Waals surface area contributed by atoms with Gasteiger partial charge < -0.3 is 15.3 Å². The lowest BCUT2D eigenvalue weighted by atomic mass is 9.91. The Bertz CT molecular complexity index is 1520. The molecular weight excluding hydrogens is 566 g/mol. The lowest BCUT2D eigenvalue weighted by Gasteiger charge is -2.15. The van der Waals surface area contributed by atoms with Gasteiger partial charge in [-0.15, -0.1) is 11.3 Å². The standard InChI is InChI=1S/C15H15NO3.C10H6ClF2NS.C7H14/c1-3-10-8-11(4-5-14(10)19-2)12-6-7-16-13(9-12)15(17)18;1-4(14)9-8(11)7-5(12)2-3-6(13)10(7)15-9;1-7-5-3-2-4-6-7/h4-9H,3H2,1-2H3,(H,17,18);2-3,14H,1H3;7H,2-6H2,1H3. The first kappa shape index (κ1) is 32.2. The van der Waals surface area contributed by atoms with Gasteiger partial charge in [0.25, 0.3) is 0 Å². The van der Waals surface area contributed by atoms with Crippen molar-refractivity contribution in [3.8, 4) is 16.9 Å². The molecule has 4 aromatic rings. The minimum Gasteiger partial charge on any atom is -0.496 e. The largest absolute Gasteiger partial charge is 0.496 e. The highest BCUT2D eigenvalue weighted by molar-refractivity contribution is 7.21. The molecule has 0 unspecified atom stereocenters. The zero-order valence-corrected chi connectivity index (χ0v) is 25.3. The fourth-order valence-electron chi connectivity index (χ4n) is 4.61. The molecule has 1 fully saturated rings. The number of nitrogens with zero attached hydrogens (tertiary/aromatic N) is 1. The van der Waals surface area contributed by atoms with Gasteiger partial charge in [-0.3, -0.25) is 0 Å². The number of thiophene rings is 1. The number of carboxylic acids is 1. The molecule has 0 saturated heterocycles. The predicted octanol–water partition coefficient (Wildman–Crippen LogP) is 9.83. The molecule has 41 heavy (non-hydrogen) atoms. The molecule has 1 aliphatic carbocycles. The molecule has 0 atom stereocenters. The van der Waals surface area contributed by atoms with E-state index in [1.165, 1.54) is 45.2 Å². The van der Waals surface area contributed by atoms with Crippen LogP contribution in [0.2, 0.25) is 5.02 Å². The second-order valence-corrected chi connectivity index (χ2v) is 11.4.